The van der Waals surface area contributed by atoms with Crippen LogP contribution in [0.15, 0.2) is 65.5 Å². The molecule has 0 saturated heterocycles. The van der Waals surface area contributed by atoms with Crippen molar-refractivity contribution in [2.45, 2.75) is 70.1 Å². The Balaban J connectivity index is 1.45. The minimum Gasteiger partial charge on any atom is -0.851 e. The number of para-hydroxylation sites is 1. The molecule has 0 radical (unpaired) electrons. The number of aromatic amines is 1. The number of anilines is 1. The number of ether oxygens (including phenoxy) is 1. The van der Waals surface area contributed by atoms with Crippen molar-refractivity contribution in [1.82, 2.24) is 14.8 Å². The average molecular weight is 561 g/mol. The van der Waals surface area contributed by atoms with E-state index in [0.717, 1.165) is 24.8 Å². The van der Waals surface area contributed by atoms with Gasteiger partial charge >= 0.3 is 0 Å². The number of thiazole rings is 1. The Hall–Kier alpha value is -3.40. The molecule has 1 aliphatic rings. The first-order valence-electron chi connectivity index (χ1n) is 14.0. The van der Waals surface area contributed by atoms with Gasteiger partial charge in [0.2, 0.25) is 5.88 Å². The van der Waals surface area contributed by atoms with Gasteiger partial charge in [-0.05, 0) is 42.4 Å². The Labute approximate surface area is 238 Å². The quantitative estimate of drug-likeness (QED) is 0.265. The van der Waals surface area contributed by atoms with Gasteiger partial charge in [0.15, 0.2) is 5.13 Å². The van der Waals surface area contributed by atoms with Gasteiger partial charge < -0.3 is 19.8 Å². The molecular formula is C31H36N4O4S-2. The van der Waals surface area contributed by atoms with E-state index in [1.807, 2.05) is 67.4 Å². The van der Waals surface area contributed by atoms with Crippen LogP contribution in [0.5, 0.6) is 5.88 Å². The third kappa shape index (κ3) is 5.46. The molecule has 1 saturated carbocycles. The zero-order valence-electron chi connectivity index (χ0n) is 23.2. The number of hydrogen-bond acceptors (Lipinski definition) is 7. The Morgan fingerprint density at radius 2 is 1.68 bits per heavy atom. The highest BCUT2D eigenvalue weighted by Gasteiger charge is 2.44. The summed E-state index contributed by atoms with van der Waals surface area (Å²) in [5, 5.41) is 31.5. The molecule has 0 amide bonds. The van der Waals surface area contributed by atoms with Gasteiger partial charge in [0.05, 0.1) is 17.2 Å². The van der Waals surface area contributed by atoms with Crippen LogP contribution in [-0.4, -0.2) is 40.6 Å². The van der Waals surface area contributed by atoms with Gasteiger partial charge in [0, 0.05) is 24.8 Å². The minimum atomic E-state index is -1.26. The van der Waals surface area contributed by atoms with E-state index in [2.05, 4.69) is 24.2 Å². The SMILES string of the molecule is CCCCOc1nc(N(C)Cc2ccccc2)sc1C1C([O-])C(c2c(CCC)[nH]n(-c3ccccc3)c2=O)C1[O-]. The van der Waals surface area contributed by atoms with Crippen LogP contribution in [0.25, 0.3) is 5.69 Å². The number of hydrogen-bond donors (Lipinski definition) is 1. The summed E-state index contributed by atoms with van der Waals surface area (Å²) in [4.78, 5) is 20.9. The lowest BCUT2D eigenvalue weighted by Gasteiger charge is -2.60. The van der Waals surface area contributed by atoms with Crippen LogP contribution in [-0.2, 0) is 13.0 Å². The zero-order chi connectivity index (χ0) is 28.2. The predicted molar refractivity (Wildman–Crippen MR) is 155 cm³/mol. The van der Waals surface area contributed by atoms with Gasteiger partial charge in [-0.1, -0.05) is 86.6 Å². The van der Waals surface area contributed by atoms with E-state index in [4.69, 9.17) is 9.72 Å². The molecule has 1 N–H and O–H groups in total. The number of aryl methyl sites for hydroxylation is 1. The van der Waals surface area contributed by atoms with Crippen molar-refractivity contribution in [2.75, 3.05) is 18.6 Å². The topological polar surface area (TPSA) is 109 Å². The number of H-pyrrole nitrogens is 1. The van der Waals surface area contributed by atoms with Crippen molar-refractivity contribution < 1.29 is 14.9 Å². The van der Waals surface area contributed by atoms with E-state index in [0.29, 0.717) is 52.4 Å². The Morgan fingerprint density at radius 3 is 2.33 bits per heavy atom. The molecule has 0 spiro atoms. The van der Waals surface area contributed by atoms with E-state index < -0.39 is 24.0 Å². The number of aromatic nitrogens is 3. The molecule has 8 nitrogen and oxygen atoms in total. The summed E-state index contributed by atoms with van der Waals surface area (Å²) in [5.41, 5.74) is 2.51. The maximum Gasteiger partial charge on any atom is 0.274 e. The van der Waals surface area contributed by atoms with E-state index >= 15 is 0 Å². The van der Waals surface area contributed by atoms with Crippen molar-refractivity contribution in [3.8, 4) is 11.6 Å². The number of unbranched alkanes of at least 4 members (excludes halogenated alkanes) is 1. The molecule has 1 aliphatic carbocycles. The van der Waals surface area contributed by atoms with Crippen molar-refractivity contribution in [2.24, 2.45) is 0 Å². The van der Waals surface area contributed by atoms with Crippen LogP contribution in [0, 0.1) is 0 Å². The molecule has 212 valence electrons. The number of rotatable bonds is 12. The molecule has 40 heavy (non-hydrogen) atoms. The molecule has 5 rings (SSSR count). The molecule has 9 heteroatoms. The molecule has 4 aromatic rings. The number of nitrogens with one attached hydrogen (secondary N) is 1. The lowest BCUT2D eigenvalue weighted by molar-refractivity contribution is -0.535. The van der Waals surface area contributed by atoms with Crippen molar-refractivity contribution in [3.63, 3.8) is 0 Å². The monoisotopic (exact) mass is 560 g/mol. The largest absolute Gasteiger partial charge is 0.851 e. The van der Waals surface area contributed by atoms with E-state index in [1.54, 1.807) is 0 Å². The van der Waals surface area contributed by atoms with Crippen molar-refractivity contribution >= 4 is 16.5 Å². The molecule has 2 atom stereocenters. The molecule has 2 aromatic carbocycles. The lowest BCUT2D eigenvalue weighted by Crippen LogP contribution is -2.64. The molecule has 0 aliphatic heterocycles. The summed E-state index contributed by atoms with van der Waals surface area (Å²) in [6, 6.07) is 19.3. The normalized spacial score (nSPS) is 20.3. The third-order valence-electron chi connectivity index (χ3n) is 7.51. The van der Waals surface area contributed by atoms with Crippen LogP contribution in [0.1, 0.15) is 66.6 Å². The van der Waals surface area contributed by atoms with Gasteiger partial charge in [-0.15, -0.1) is 12.2 Å². The molecule has 2 aromatic heterocycles. The lowest BCUT2D eigenvalue weighted by atomic mass is 9.65. The first-order valence-corrected chi connectivity index (χ1v) is 14.9. The first kappa shape index (κ1) is 28.1. The maximum atomic E-state index is 13.8. The second-order valence-electron chi connectivity index (χ2n) is 10.4. The summed E-state index contributed by atoms with van der Waals surface area (Å²) >= 11 is 1.35. The zero-order valence-corrected chi connectivity index (χ0v) is 24.0. The summed E-state index contributed by atoms with van der Waals surface area (Å²) in [7, 11) is 1.95. The molecular weight excluding hydrogens is 524 g/mol. The third-order valence-corrected chi connectivity index (χ3v) is 8.76. The molecule has 2 heterocycles. The highest BCUT2D eigenvalue weighted by atomic mass is 32.1. The fraction of sp³-hybridized carbons (Fsp3) is 0.419. The first-order chi connectivity index (χ1) is 19.4. The summed E-state index contributed by atoms with van der Waals surface area (Å²) in [6.07, 6.45) is 0.669. The van der Waals surface area contributed by atoms with Crippen LogP contribution in [0.2, 0.25) is 0 Å². The Morgan fingerprint density at radius 1 is 1.00 bits per heavy atom. The summed E-state index contributed by atoms with van der Waals surface area (Å²) in [5.74, 6) is -1.36. The van der Waals surface area contributed by atoms with Crippen LogP contribution in [0.3, 0.4) is 0 Å². The van der Waals surface area contributed by atoms with E-state index in [1.165, 1.54) is 16.0 Å². The minimum absolute atomic E-state index is 0.313. The van der Waals surface area contributed by atoms with Crippen LogP contribution < -0.4 is 25.4 Å². The predicted octanol–water partition coefficient (Wildman–Crippen LogP) is 3.73. The smallest absolute Gasteiger partial charge is 0.274 e. The fourth-order valence-corrected chi connectivity index (χ4v) is 6.50. The van der Waals surface area contributed by atoms with Crippen molar-refractivity contribution in [3.05, 3.63) is 92.7 Å². The standard InChI is InChI=1S/C31H36N4O4S/c1-4-6-18-39-29-28(40-31(32-29)34(3)19-20-14-9-7-10-15-20)25-26(36)24(27(25)37)23-22(13-5-2)33-35(30(23)38)21-16-11-8-12-17-21/h7-12,14-17,24-27,33H,4-6,13,18-19H2,1-3H3/q-2. The van der Waals surface area contributed by atoms with E-state index in [-0.39, 0.29) is 5.56 Å². The van der Waals surface area contributed by atoms with Crippen LogP contribution in [0.4, 0.5) is 5.13 Å². The van der Waals surface area contributed by atoms with E-state index in [9.17, 15) is 15.0 Å². The van der Waals surface area contributed by atoms with Gasteiger partial charge in [-0.25, -0.2) is 4.68 Å². The average Bonchev–Trinajstić information content (AvgIpc) is 3.51. The van der Waals surface area contributed by atoms with Gasteiger partial charge in [-0.3, -0.25) is 9.89 Å². The number of benzene rings is 2. The van der Waals surface area contributed by atoms with Gasteiger partial charge in [0.25, 0.3) is 5.56 Å². The maximum absolute atomic E-state index is 13.8. The van der Waals surface area contributed by atoms with Gasteiger partial charge in [0.1, 0.15) is 0 Å². The summed E-state index contributed by atoms with van der Waals surface area (Å²) in [6.45, 7) is 5.20. The van der Waals surface area contributed by atoms with Crippen LogP contribution >= 0.6 is 11.3 Å². The molecule has 2 unspecified atom stereocenters. The Kier molecular flexibility index (Phi) is 8.73. The van der Waals surface area contributed by atoms with Crippen molar-refractivity contribution in [1.29, 1.82) is 0 Å². The highest BCUT2D eigenvalue weighted by Crippen LogP contribution is 2.51. The summed E-state index contributed by atoms with van der Waals surface area (Å²) < 4.78 is 7.48. The molecule has 0 bridgehead atoms. The Bertz CT molecular complexity index is 1440. The highest BCUT2D eigenvalue weighted by molar-refractivity contribution is 7.16. The molecule has 1 fully saturated rings. The fourth-order valence-electron chi connectivity index (χ4n) is 5.36. The van der Waals surface area contributed by atoms with Gasteiger partial charge in [-0.2, -0.15) is 4.98 Å². The number of nitrogens with zero attached hydrogens (tertiary/aromatic N) is 3. The second-order valence-corrected chi connectivity index (χ2v) is 11.4. The second kappa shape index (κ2) is 12.4.